The van der Waals surface area contributed by atoms with Crippen molar-refractivity contribution in [2.75, 3.05) is 24.6 Å². The van der Waals surface area contributed by atoms with Crippen molar-refractivity contribution < 1.29 is 14.7 Å². The molecule has 1 saturated heterocycles. The van der Waals surface area contributed by atoms with Crippen LogP contribution >= 0.6 is 11.3 Å². The summed E-state index contributed by atoms with van der Waals surface area (Å²) in [5.74, 6) is 4.76. The first-order chi connectivity index (χ1) is 14.8. The molecular weight excluding hydrogens is 410 g/mol. The van der Waals surface area contributed by atoms with E-state index in [0.29, 0.717) is 23.7 Å². The molecule has 1 aromatic carbocycles. The van der Waals surface area contributed by atoms with Gasteiger partial charge >= 0.3 is 5.97 Å². The van der Waals surface area contributed by atoms with E-state index in [-0.39, 0.29) is 5.41 Å². The molecule has 1 aliphatic carbocycles. The number of nitrogens with zero attached hydrogens (tertiary/aromatic N) is 2. The van der Waals surface area contributed by atoms with E-state index in [2.05, 4.69) is 24.8 Å². The number of hydrogen-bond donors (Lipinski definition) is 2. The Labute approximate surface area is 187 Å². The number of hydrogen-bond acceptors (Lipinski definition) is 6. The standard InChI is InChI=1S/C24H29N3O3S/c1-24(2)8-7-20-18(11-24)21(23(28)29)22(31-20)17-10-15(12-25)5-6-19(17)27-9-3-4-16(13-27)14-30-26/h5-6,10,16H,3-4,7-9,11,13-14,26H2,1-2H3,(H,28,29)/t16-/m1/s1. The van der Waals surface area contributed by atoms with Gasteiger partial charge in [-0.15, -0.1) is 11.3 Å². The first-order valence-electron chi connectivity index (χ1n) is 10.8. The summed E-state index contributed by atoms with van der Waals surface area (Å²) in [5.41, 5.74) is 3.87. The second kappa shape index (κ2) is 8.62. The smallest absolute Gasteiger partial charge is 0.337 e. The third-order valence-corrected chi connectivity index (χ3v) is 7.88. The summed E-state index contributed by atoms with van der Waals surface area (Å²) >= 11 is 1.59. The van der Waals surface area contributed by atoms with Crippen LogP contribution in [0.1, 0.15) is 59.5 Å². The highest BCUT2D eigenvalue weighted by molar-refractivity contribution is 7.16. The van der Waals surface area contributed by atoms with Crippen LogP contribution in [-0.2, 0) is 17.7 Å². The number of carboxylic acid groups (broad SMARTS) is 1. The lowest BCUT2D eigenvalue weighted by atomic mass is 9.76. The van der Waals surface area contributed by atoms with Crippen molar-refractivity contribution in [3.05, 3.63) is 39.8 Å². The molecule has 164 valence electrons. The number of anilines is 1. The molecule has 2 heterocycles. The Morgan fingerprint density at radius 1 is 1.45 bits per heavy atom. The maximum atomic E-state index is 12.4. The number of carboxylic acids is 1. The highest BCUT2D eigenvalue weighted by Crippen LogP contribution is 2.47. The van der Waals surface area contributed by atoms with Crippen LogP contribution in [0.3, 0.4) is 0 Å². The lowest BCUT2D eigenvalue weighted by Crippen LogP contribution is -2.38. The zero-order valence-electron chi connectivity index (χ0n) is 18.1. The van der Waals surface area contributed by atoms with E-state index in [0.717, 1.165) is 66.9 Å². The monoisotopic (exact) mass is 439 g/mol. The minimum Gasteiger partial charge on any atom is -0.478 e. The average molecular weight is 440 g/mol. The van der Waals surface area contributed by atoms with Gasteiger partial charge in [-0.2, -0.15) is 5.26 Å². The van der Waals surface area contributed by atoms with Gasteiger partial charge in [0, 0.05) is 35.1 Å². The maximum absolute atomic E-state index is 12.4. The summed E-state index contributed by atoms with van der Waals surface area (Å²) in [4.78, 5) is 21.6. The van der Waals surface area contributed by atoms with Gasteiger partial charge in [0.05, 0.1) is 28.7 Å². The molecule has 1 fully saturated rings. The molecule has 0 spiro atoms. The van der Waals surface area contributed by atoms with Crippen molar-refractivity contribution >= 4 is 23.0 Å². The second-order valence-electron chi connectivity index (χ2n) is 9.49. The molecule has 2 aliphatic rings. The number of thiophene rings is 1. The molecule has 3 N–H and O–H groups in total. The molecule has 0 bridgehead atoms. The topological polar surface area (TPSA) is 99.6 Å². The van der Waals surface area contributed by atoms with Gasteiger partial charge in [-0.25, -0.2) is 10.7 Å². The lowest BCUT2D eigenvalue weighted by Gasteiger charge is -2.35. The number of benzene rings is 1. The van der Waals surface area contributed by atoms with Gasteiger partial charge in [0.1, 0.15) is 0 Å². The van der Waals surface area contributed by atoms with Gasteiger partial charge in [-0.3, -0.25) is 0 Å². The highest BCUT2D eigenvalue weighted by Gasteiger charge is 2.34. The molecule has 0 radical (unpaired) electrons. The van der Waals surface area contributed by atoms with Gasteiger partial charge < -0.3 is 14.8 Å². The molecule has 1 aromatic heterocycles. The quantitative estimate of drug-likeness (QED) is 0.660. The Morgan fingerprint density at radius 3 is 2.97 bits per heavy atom. The number of carbonyl (C=O) groups is 1. The van der Waals surface area contributed by atoms with Gasteiger partial charge in [0.15, 0.2) is 0 Å². The number of nitriles is 1. The third-order valence-electron chi connectivity index (χ3n) is 6.55. The Bertz CT molecular complexity index is 1040. The second-order valence-corrected chi connectivity index (χ2v) is 10.6. The molecule has 7 heteroatoms. The number of aromatic carboxylic acids is 1. The van der Waals surface area contributed by atoms with E-state index in [1.165, 1.54) is 4.88 Å². The Morgan fingerprint density at radius 2 is 2.26 bits per heavy atom. The van der Waals surface area contributed by atoms with Crippen LogP contribution in [0.25, 0.3) is 10.4 Å². The number of aryl methyl sites for hydroxylation is 1. The molecule has 0 saturated carbocycles. The summed E-state index contributed by atoms with van der Waals surface area (Å²) in [6, 6.07) is 7.86. The molecule has 1 atom stereocenters. The fraction of sp³-hybridized carbons (Fsp3) is 0.500. The summed E-state index contributed by atoms with van der Waals surface area (Å²) < 4.78 is 0. The lowest BCUT2D eigenvalue weighted by molar-refractivity contribution is 0.0696. The van der Waals surface area contributed by atoms with Crippen LogP contribution in [0.5, 0.6) is 0 Å². The van der Waals surface area contributed by atoms with Crippen LogP contribution in [0.4, 0.5) is 5.69 Å². The minimum atomic E-state index is -0.883. The van der Waals surface area contributed by atoms with Crippen LogP contribution in [0.2, 0.25) is 0 Å². The van der Waals surface area contributed by atoms with Crippen molar-refractivity contribution in [2.45, 2.75) is 46.0 Å². The van der Waals surface area contributed by atoms with Crippen molar-refractivity contribution in [3.8, 4) is 16.5 Å². The number of nitrogens with two attached hydrogens (primary N) is 1. The Balaban J connectivity index is 1.84. The van der Waals surface area contributed by atoms with Crippen molar-refractivity contribution in [2.24, 2.45) is 17.2 Å². The number of piperidine rings is 1. The number of fused-ring (bicyclic) bond motifs is 1. The van der Waals surface area contributed by atoms with Gasteiger partial charge in [-0.05, 0) is 61.3 Å². The van der Waals surface area contributed by atoms with Crippen LogP contribution in [-0.4, -0.2) is 30.8 Å². The first kappa shape index (κ1) is 21.8. The predicted molar refractivity (Wildman–Crippen MR) is 122 cm³/mol. The van der Waals surface area contributed by atoms with Crippen LogP contribution in [0, 0.1) is 22.7 Å². The predicted octanol–water partition coefficient (Wildman–Crippen LogP) is 4.61. The molecule has 4 rings (SSSR count). The summed E-state index contributed by atoms with van der Waals surface area (Å²) in [6.07, 6.45) is 4.81. The molecule has 0 amide bonds. The summed E-state index contributed by atoms with van der Waals surface area (Å²) in [7, 11) is 0. The summed E-state index contributed by atoms with van der Waals surface area (Å²) in [5, 5.41) is 19.7. The van der Waals surface area contributed by atoms with E-state index in [4.69, 9.17) is 10.7 Å². The molecule has 1 aliphatic heterocycles. The van der Waals surface area contributed by atoms with Gasteiger partial charge in [-0.1, -0.05) is 13.8 Å². The van der Waals surface area contributed by atoms with Crippen LogP contribution < -0.4 is 10.8 Å². The largest absolute Gasteiger partial charge is 0.478 e. The zero-order chi connectivity index (χ0) is 22.2. The van der Waals surface area contributed by atoms with Gasteiger partial charge in [0.25, 0.3) is 0 Å². The molecule has 6 nitrogen and oxygen atoms in total. The normalized spacial score (nSPS) is 20.2. The molecule has 0 unspecified atom stereocenters. The maximum Gasteiger partial charge on any atom is 0.337 e. The SMILES string of the molecule is CC1(C)CCc2sc(-c3cc(C#N)ccc3N3CCC[C@@H](CON)C3)c(C(=O)O)c2C1. The Kier molecular flexibility index (Phi) is 6.07. The van der Waals surface area contributed by atoms with E-state index in [1.54, 1.807) is 11.3 Å². The highest BCUT2D eigenvalue weighted by atomic mass is 32.1. The fourth-order valence-electron chi connectivity index (χ4n) is 4.96. The minimum absolute atomic E-state index is 0.0925. The Hall–Kier alpha value is -2.40. The van der Waals surface area contributed by atoms with E-state index in [1.807, 2.05) is 18.2 Å². The zero-order valence-corrected chi connectivity index (χ0v) is 18.9. The first-order valence-corrected chi connectivity index (χ1v) is 11.6. The fourth-order valence-corrected chi connectivity index (χ4v) is 6.29. The van der Waals surface area contributed by atoms with Crippen molar-refractivity contribution in [3.63, 3.8) is 0 Å². The van der Waals surface area contributed by atoms with E-state index < -0.39 is 5.97 Å². The molecule has 2 aromatic rings. The molecule has 31 heavy (non-hydrogen) atoms. The number of rotatable bonds is 5. The third kappa shape index (κ3) is 4.33. The van der Waals surface area contributed by atoms with E-state index in [9.17, 15) is 15.2 Å². The molecular formula is C24H29N3O3S. The van der Waals surface area contributed by atoms with Crippen molar-refractivity contribution in [1.29, 1.82) is 5.26 Å². The van der Waals surface area contributed by atoms with Crippen LogP contribution in [0.15, 0.2) is 18.2 Å². The average Bonchev–Trinajstić information content (AvgIpc) is 3.11. The van der Waals surface area contributed by atoms with E-state index >= 15 is 0 Å². The van der Waals surface area contributed by atoms with Crippen molar-refractivity contribution in [1.82, 2.24) is 0 Å². The van der Waals surface area contributed by atoms with Gasteiger partial charge in [0.2, 0.25) is 0 Å². The summed E-state index contributed by atoms with van der Waals surface area (Å²) in [6.45, 7) is 6.60.